The molecular weight excluding hydrogens is 224 g/mol. The normalized spacial score (nSPS) is 25.1. The fourth-order valence-corrected chi connectivity index (χ4v) is 2.11. The highest BCUT2D eigenvalue weighted by atomic mass is 16.4. The van der Waals surface area contributed by atoms with E-state index >= 15 is 0 Å². The van der Waals surface area contributed by atoms with Crippen LogP contribution in [0.2, 0.25) is 0 Å². The second kappa shape index (κ2) is 5.01. The number of hydrogen-bond acceptors (Lipinski definition) is 4. The molecule has 1 rings (SSSR count). The van der Waals surface area contributed by atoms with Crippen molar-refractivity contribution in [1.29, 1.82) is 0 Å². The van der Waals surface area contributed by atoms with Crippen LogP contribution in [-0.4, -0.2) is 51.2 Å². The maximum absolute atomic E-state index is 12.2. The summed E-state index contributed by atoms with van der Waals surface area (Å²) in [6.07, 6.45) is 0.186. The number of aliphatic carboxylic acids is 1. The highest BCUT2D eigenvalue weighted by molar-refractivity contribution is 5.90. The van der Waals surface area contributed by atoms with Crippen molar-refractivity contribution in [3.05, 3.63) is 0 Å². The van der Waals surface area contributed by atoms with Crippen LogP contribution < -0.4 is 5.73 Å². The smallest absolute Gasteiger partial charge is 0.326 e. The van der Waals surface area contributed by atoms with Crippen LogP contribution in [0.1, 0.15) is 33.1 Å². The lowest BCUT2D eigenvalue weighted by Crippen LogP contribution is -2.57. The van der Waals surface area contributed by atoms with Crippen LogP contribution in [0.25, 0.3) is 0 Å². The van der Waals surface area contributed by atoms with Gasteiger partial charge in [-0.3, -0.25) is 4.79 Å². The number of carbonyl (C=O) groups excluding carboxylic acids is 1. The van der Waals surface area contributed by atoms with Crippen molar-refractivity contribution in [2.75, 3.05) is 6.54 Å². The third-order valence-electron chi connectivity index (χ3n) is 3.51. The molecule has 17 heavy (non-hydrogen) atoms. The Morgan fingerprint density at radius 2 is 1.94 bits per heavy atom. The Balaban J connectivity index is 2.91. The quantitative estimate of drug-likeness (QED) is 0.621. The Hall–Kier alpha value is -1.14. The molecule has 4 N–H and O–H groups in total. The average molecular weight is 244 g/mol. The molecule has 6 nitrogen and oxygen atoms in total. The Bertz CT molecular complexity index is 315. The molecule has 0 bridgehead atoms. The van der Waals surface area contributed by atoms with E-state index in [1.54, 1.807) is 13.8 Å². The minimum atomic E-state index is -1.09. The molecule has 0 saturated carbocycles. The van der Waals surface area contributed by atoms with Gasteiger partial charge in [-0.2, -0.15) is 0 Å². The Labute approximate surface area is 100 Å². The highest BCUT2D eigenvalue weighted by Crippen LogP contribution is 2.24. The molecule has 1 fully saturated rings. The van der Waals surface area contributed by atoms with Gasteiger partial charge in [0.2, 0.25) is 5.91 Å². The van der Waals surface area contributed by atoms with E-state index in [0.29, 0.717) is 12.8 Å². The van der Waals surface area contributed by atoms with Crippen LogP contribution in [0, 0.1) is 0 Å². The first-order chi connectivity index (χ1) is 7.85. The molecule has 0 unspecified atom stereocenters. The average Bonchev–Trinajstić information content (AvgIpc) is 2.69. The molecule has 98 valence electrons. The summed E-state index contributed by atoms with van der Waals surface area (Å²) in [6.45, 7) is 3.64. The summed E-state index contributed by atoms with van der Waals surface area (Å²) in [4.78, 5) is 24.4. The second-order valence-electron chi connectivity index (χ2n) is 4.56. The molecular formula is C11H20N2O4. The summed E-state index contributed by atoms with van der Waals surface area (Å²) >= 11 is 0. The number of β-amino-alcohol motifs (C(OH)–C–C–N with tert-alkyl or cyclic N) is 1. The molecule has 1 saturated heterocycles. The topological polar surface area (TPSA) is 104 Å². The van der Waals surface area contributed by atoms with Gasteiger partial charge in [-0.1, -0.05) is 13.8 Å². The van der Waals surface area contributed by atoms with Gasteiger partial charge in [0.1, 0.15) is 6.04 Å². The number of nitrogens with two attached hydrogens (primary N) is 1. The number of carboxylic acids is 1. The largest absolute Gasteiger partial charge is 0.480 e. The van der Waals surface area contributed by atoms with Crippen LogP contribution in [0.3, 0.4) is 0 Å². The first-order valence-corrected chi connectivity index (χ1v) is 5.86. The fraction of sp³-hybridized carbons (Fsp3) is 0.818. The van der Waals surface area contributed by atoms with Crippen LogP contribution in [0.4, 0.5) is 0 Å². The third-order valence-corrected chi connectivity index (χ3v) is 3.51. The van der Waals surface area contributed by atoms with Crippen molar-refractivity contribution in [3.8, 4) is 0 Å². The molecule has 0 aromatic rings. The maximum atomic E-state index is 12.2. The third kappa shape index (κ3) is 2.58. The van der Waals surface area contributed by atoms with Crippen molar-refractivity contribution in [3.63, 3.8) is 0 Å². The zero-order chi connectivity index (χ0) is 13.2. The minimum Gasteiger partial charge on any atom is -0.480 e. The molecule has 0 radical (unpaired) electrons. The number of aliphatic hydroxyl groups excluding tert-OH is 1. The first kappa shape index (κ1) is 13.9. The summed E-state index contributed by atoms with van der Waals surface area (Å²) < 4.78 is 0. The molecule has 2 atom stereocenters. The Morgan fingerprint density at radius 1 is 1.41 bits per heavy atom. The van der Waals surface area contributed by atoms with Gasteiger partial charge in [0.05, 0.1) is 11.6 Å². The monoisotopic (exact) mass is 244 g/mol. The molecule has 1 amide bonds. The van der Waals surface area contributed by atoms with E-state index in [-0.39, 0.29) is 18.9 Å². The molecule has 1 aliphatic rings. The lowest BCUT2D eigenvalue weighted by atomic mass is 9.92. The zero-order valence-corrected chi connectivity index (χ0v) is 10.2. The highest BCUT2D eigenvalue weighted by Gasteiger charge is 2.44. The van der Waals surface area contributed by atoms with Gasteiger partial charge < -0.3 is 20.8 Å². The molecule has 0 spiro atoms. The molecule has 0 aliphatic carbocycles. The van der Waals surface area contributed by atoms with Crippen LogP contribution >= 0.6 is 0 Å². The number of aliphatic hydroxyl groups is 1. The summed E-state index contributed by atoms with van der Waals surface area (Å²) in [6, 6.07) is -0.960. The van der Waals surface area contributed by atoms with Crippen LogP contribution in [0.5, 0.6) is 0 Å². The predicted molar refractivity (Wildman–Crippen MR) is 61.3 cm³/mol. The van der Waals surface area contributed by atoms with Crippen molar-refractivity contribution in [2.24, 2.45) is 5.73 Å². The Kier molecular flexibility index (Phi) is 4.11. The van der Waals surface area contributed by atoms with E-state index in [2.05, 4.69) is 0 Å². The molecule has 0 aromatic carbocycles. The van der Waals surface area contributed by atoms with E-state index in [0.717, 1.165) is 0 Å². The number of amides is 1. The number of nitrogens with zero attached hydrogens (tertiary/aromatic N) is 1. The summed E-state index contributed by atoms with van der Waals surface area (Å²) in [5.41, 5.74) is 4.93. The van der Waals surface area contributed by atoms with Crippen LogP contribution in [0.15, 0.2) is 0 Å². The maximum Gasteiger partial charge on any atom is 0.326 e. The fourth-order valence-electron chi connectivity index (χ4n) is 2.11. The van der Waals surface area contributed by atoms with Gasteiger partial charge in [-0.15, -0.1) is 0 Å². The predicted octanol–water partition coefficient (Wildman–Crippen LogP) is -0.450. The number of carbonyl (C=O) groups is 2. The number of carboxylic acid groups (broad SMARTS) is 1. The van der Waals surface area contributed by atoms with E-state index in [1.165, 1.54) is 4.90 Å². The lowest BCUT2D eigenvalue weighted by Gasteiger charge is -2.32. The van der Waals surface area contributed by atoms with Gasteiger partial charge in [-0.25, -0.2) is 4.79 Å². The Morgan fingerprint density at radius 3 is 2.35 bits per heavy atom. The van der Waals surface area contributed by atoms with Crippen LogP contribution in [-0.2, 0) is 9.59 Å². The summed E-state index contributed by atoms with van der Waals surface area (Å²) in [7, 11) is 0. The van der Waals surface area contributed by atoms with Gasteiger partial charge in [-0.05, 0) is 12.8 Å². The second-order valence-corrected chi connectivity index (χ2v) is 4.56. The van der Waals surface area contributed by atoms with E-state index < -0.39 is 23.7 Å². The summed E-state index contributed by atoms with van der Waals surface area (Å²) in [5.74, 6) is -1.48. The van der Waals surface area contributed by atoms with Gasteiger partial charge in [0, 0.05) is 13.0 Å². The SMILES string of the molecule is CCC(N)(CC)C(=O)N1C[C@@H](O)C[C@H]1C(=O)O. The number of hydrogen-bond donors (Lipinski definition) is 3. The van der Waals surface area contributed by atoms with E-state index in [4.69, 9.17) is 10.8 Å². The molecule has 1 aliphatic heterocycles. The standard InChI is InChI=1S/C11H20N2O4/c1-3-11(12,4-2)10(17)13-6-7(14)5-8(13)9(15)16/h7-8,14H,3-6,12H2,1-2H3,(H,15,16)/t7-,8-/m0/s1. The summed E-state index contributed by atoms with van der Waals surface area (Å²) in [5, 5.41) is 18.5. The van der Waals surface area contributed by atoms with Gasteiger partial charge in [0.25, 0.3) is 0 Å². The van der Waals surface area contributed by atoms with Crippen molar-refractivity contribution in [2.45, 2.75) is 50.8 Å². The first-order valence-electron chi connectivity index (χ1n) is 5.86. The van der Waals surface area contributed by atoms with Crippen molar-refractivity contribution < 1.29 is 19.8 Å². The minimum absolute atomic E-state index is 0.0503. The van der Waals surface area contributed by atoms with Crippen molar-refractivity contribution >= 4 is 11.9 Å². The molecule has 1 heterocycles. The van der Waals surface area contributed by atoms with E-state index in [1.807, 2.05) is 0 Å². The lowest BCUT2D eigenvalue weighted by molar-refractivity contribution is -0.150. The number of rotatable bonds is 4. The number of likely N-dealkylation sites (tertiary alicyclic amines) is 1. The van der Waals surface area contributed by atoms with Crippen molar-refractivity contribution in [1.82, 2.24) is 4.90 Å². The molecule has 0 aromatic heterocycles. The van der Waals surface area contributed by atoms with E-state index in [9.17, 15) is 14.7 Å². The molecule has 6 heteroatoms. The zero-order valence-electron chi connectivity index (χ0n) is 10.2. The van der Waals surface area contributed by atoms with Gasteiger partial charge >= 0.3 is 5.97 Å². The van der Waals surface area contributed by atoms with Gasteiger partial charge in [0.15, 0.2) is 0 Å².